The number of anilines is 2. The van der Waals surface area contributed by atoms with Gasteiger partial charge in [-0.1, -0.05) is 36.4 Å². The van der Waals surface area contributed by atoms with Gasteiger partial charge in [-0.05, 0) is 94.6 Å². The van der Waals surface area contributed by atoms with Crippen molar-refractivity contribution in [2.45, 2.75) is 11.8 Å². The zero-order valence-corrected chi connectivity index (χ0v) is 22.4. The number of carbonyl (C=O) groups excluding carboxylic acids is 1. The van der Waals surface area contributed by atoms with Crippen LogP contribution < -0.4 is 19.5 Å². The Bertz CT molecular complexity index is 1460. The van der Waals surface area contributed by atoms with E-state index in [1.165, 1.54) is 24.3 Å². The van der Waals surface area contributed by atoms with Crippen LogP contribution in [0.25, 0.3) is 11.1 Å². The normalized spacial score (nSPS) is 11.0. The van der Waals surface area contributed by atoms with Crippen molar-refractivity contribution in [2.75, 3.05) is 23.3 Å². The van der Waals surface area contributed by atoms with Gasteiger partial charge in [-0.3, -0.25) is 9.52 Å². The predicted molar refractivity (Wildman–Crippen MR) is 149 cm³/mol. The fourth-order valence-electron chi connectivity index (χ4n) is 3.49. The summed E-state index contributed by atoms with van der Waals surface area (Å²) in [6.45, 7) is 2.20. The molecule has 0 aliphatic rings. The zero-order chi connectivity index (χ0) is 26.3. The Hall–Kier alpha value is -3.82. The number of amides is 1. The number of ether oxygens (including phenoxy) is 2. The number of sulfonamides is 1. The second-order valence-electron chi connectivity index (χ2n) is 7.94. The quantitative estimate of drug-likeness (QED) is 0.228. The number of nitrogens with one attached hydrogen (secondary N) is 2. The smallest absolute Gasteiger partial charge is 0.262 e. The third-order valence-electron chi connectivity index (χ3n) is 5.26. The van der Waals surface area contributed by atoms with E-state index < -0.39 is 10.0 Å². The number of hydrogen-bond donors (Lipinski definition) is 2. The fourth-order valence-corrected chi connectivity index (χ4v) is 5.04. The maximum Gasteiger partial charge on any atom is 0.262 e. The van der Waals surface area contributed by atoms with Crippen molar-refractivity contribution >= 4 is 43.2 Å². The van der Waals surface area contributed by atoms with E-state index in [2.05, 4.69) is 26.0 Å². The lowest BCUT2D eigenvalue weighted by Crippen LogP contribution is -2.20. The average Bonchev–Trinajstić information content (AvgIpc) is 2.90. The number of benzene rings is 4. The third kappa shape index (κ3) is 7.12. The van der Waals surface area contributed by atoms with E-state index in [-0.39, 0.29) is 17.4 Å². The minimum atomic E-state index is -3.79. The number of halogens is 1. The SMILES string of the molecule is CCOc1ccc(NS(=O)(=O)c2ccc(NC(=O)COc3ccc(-c4ccccc4)cc3Br)cc2)cc1. The van der Waals surface area contributed by atoms with Crippen molar-refractivity contribution in [1.82, 2.24) is 0 Å². The molecule has 0 spiro atoms. The summed E-state index contributed by atoms with van der Waals surface area (Å²) in [7, 11) is -3.79. The minimum absolute atomic E-state index is 0.0677. The summed E-state index contributed by atoms with van der Waals surface area (Å²) in [6.07, 6.45) is 0. The van der Waals surface area contributed by atoms with Gasteiger partial charge in [0.1, 0.15) is 11.5 Å². The fraction of sp³-hybridized carbons (Fsp3) is 0.107. The van der Waals surface area contributed by atoms with Gasteiger partial charge in [0.05, 0.1) is 16.0 Å². The number of rotatable bonds is 10. The molecule has 4 aromatic rings. The van der Waals surface area contributed by atoms with E-state index in [9.17, 15) is 13.2 Å². The second-order valence-corrected chi connectivity index (χ2v) is 10.5. The van der Waals surface area contributed by atoms with E-state index in [1.54, 1.807) is 30.3 Å². The van der Waals surface area contributed by atoms with Gasteiger partial charge < -0.3 is 14.8 Å². The first-order valence-electron chi connectivity index (χ1n) is 11.5. The molecule has 190 valence electrons. The standard InChI is InChI=1S/C28H25BrN2O5S/c1-2-35-24-13-9-23(10-14-24)31-37(33,34)25-15-11-22(12-16-25)30-28(32)19-36-27-17-8-21(18-26(27)29)20-6-4-3-5-7-20/h3-18,31H,2,19H2,1H3,(H,30,32). The molecule has 0 aromatic heterocycles. The van der Waals surface area contributed by atoms with Crippen molar-refractivity contribution in [1.29, 1.82) is 0 Å². The van der Waals surface area contributed by atoms with E-state index in [0.29, 0.717) is 29.5 Å². The van der Waals surface area contributed by atoms with E-state index in [0.717, 1.165) is 15.6 Å². The van der Waals surface area contributed by atoms with Gasteiger partial charge in [0.25, 0.3) is 15.9 Å². The van der Waals surface area contributed by atoms with Crippen molar-refractivity contribution in [3.05, 3.63) is 102 Å². The highest BCUT2D eigenvalue weighted by atomic mass is 79.9. The summed E-state index contributed by atoms with van der Waals surface area (Å²) in [5, 5.41) is 2.71. The third-order valence-corrected chi connectivity index (χ3v) is 7.28. The predicted octanol–water partition coefficient (Wildman–Crippen LogP) is 6.33. The molecule has 0 unspecified atom stereocenters. The second kappa shape index (κ2) is 11.9. The maximum absolute atomic E-state index is 12.7. The Balaban J connectivity index is 1.32. The Morgan fingerprint density at radius 1 is 0.811 bits per heavy atom. The lowest BCUT2D eigenvalue weighted by Gasteiger charge is -2.12. The van der Waals surface area contributed by atoms with Crippen molar-refractivity contribution in [3.8, 4) is 22.6 Å². The molecule has 2 N–H and O–H groups in total. The maximum atomic E-state index is 12.7. The van der Waals surface area contributed by atoms with Gasteiger partial charge in [-0.15, -0.1) is 0 Å². The summed E-state index contributed by atoms with van der Waals surface area (Å²) in [5.74, 6) is 0.824. The van der Waals surface area contributed by atoms with Crippen molar-refractivity contribution in [2.24, 2.45) is 0 Å². The molecule has 7 nitrogen and oxygen atoms in total. The first-order chi connectivity index (χ1) is 17.8. The van der Waals surface area contributed by atoms with Gasteiger partial charge >= 0.3 is 0 Å². The summed E-state index contributed by atoms with van der Waals surface area (Å²) in [5.41, 5.74) is 2.97. The molecule has 37 heavy (non-hydrogen) atoms. The van der Waals surface area contributed by atoms with Crippen LogP contribution in [-0.4, -0.2) is 27.5 Å². The highest BCUT2D eigenvalue weighted by Gasteiger charge is 2.15. The van der Waals surface area contributed by atoms with Crippen LogP contribution >= 0.6 is 15.9 Å². The highest BCUT2D eigenvalue weighted by Crippen LogP contribution is 2.30. The van der Waals surface area contributed by atoms with Crippen LogP contribution in [0, 0.1) is 0 Å². The molecule has 4 aromatic carbocycles. The monoisotopic (exact) mass is 580 g/mol. The van der Waals surface area contributed by atoms with Gasteiger partial charge in [0.15, 0.2) is 6.61 Å². The molecule has 0 radical (unpaired) electrons. The van der Waals surface area contributed by atoms with E-state index >= 15 is 0 Å². The zero-order valence-electron chi connectivity index (χ0n) is 20.0. The van der Waals surface area contributed by atoms with Gasteiger partial charge in [0.2, 0.25) is 0 Å². The van der Waals surface area contributed by atoms with Gasteiger partial charge in [0, 0.05) is 11.4 Å². The molecule has 0 bridgehead atoms. The molecule has 4 rings (SSSR count). The Morgan fingerprint density at radius 3 is 2.14 bits per heavy atom. The lowest BCUT2D eigenvalue weighted by molar-refractivity contribution is -0.118. The molecular formula is C28H25BrN2O5S. The van der Waals surface area contributed by atoms with Gasteiger partial charge in [-0.25, -0.2) is 8.42 Å². The first kappa shape index (κ1) is 26.2. The lowest BCUT2D eigenvalue weighted by atomic mass is 10.1. The highest BCUT2D eigenvalue weighted by molar-refractivity contribution is 9.10. The Kier molecular flexibility index (Phi) is 8.47. The number of hydrogen-bond acceptors (Lipinski definition) is 5. The van der Waals surface area contributed by atoms with Crippen LogP contribution in [0.3, 0.4) is 0 Å². The van der Waals surface area contributed by atoms with Crippen LogP contribution in [0.2, 0.25) is 0 Å². The summed E-state index contributed by atoms with van der Waals surface area (Å²) < 4.78 is 39.7. The van der Waals surface area contributed by atoms with Crippen LogP contribution in [0.5, 0.6) is 11.5 Å². The van der Waals surface area contributed by atoms with Gasteiger partial charge in [-0.2, -0.15) is 0 Å². The molecular weight excluding hydrogens is 556 g/mol. The minimum Gasteiger partial charge on any atom is -0.494 e. The summed E-state index contributed by atoms with van der Waals surface area (Å²) in [6, 6.07) is 28.1. The van der Waals surface area contributed by atoms with Crippen molar-refractivity contribution < 1.29 is 22.7 Å². The molecule has 0 aliphatic heterocycles. The van der Waals surface area contributed by atoms with Crippen LogP contribution in [0.1, 0.15) is 6.92 Å². The van der Waals surface area contributed by atoms with E-state index in [4.69, 9.17) is 9.47 Å². The molecule has 9 heteroatoms. The van der Waals surface area contributed by atoms with Crippen LogP contribution in [0.4, 0.5) is 11.4 Å². The van der Waals surface area contributed by atoms with Crippen molar-refractivity contribution in [3.63, 3.8) is 0 Å². The summed E-state index contributed by atoms with van der Waals surface area (Å²) >= 11 is 3.50. The Morgan fingerprint density at radius 2 is 1.49 bits per heavy atom. The average molecular weight is 581 g/mol. The molecule has 0 fully saturated rings. The molecule has 0 aliphatic carbocycles. The first-order valence-corrected chi connectivity index (χ1v) is 13.7. The largest absolute Gasteiger partial charge is 0.494 e. The number of carbonyl (C=O) groups is 1. The Labute approximate surface area is 224 Å². The topological polar surface area (TPSA) is 93.7 Å². The molecule has 0 heterocycles. The molecule has 0 saturated heterocycles. The molecule has 0 atom stereocenters. The van der Waals surface area contributed by atoms with Crippen LogP contribution in [-0.2, 0) is 14.8 Å². The molecule has 1 amide bonds. The van der Waals surface area contributed by atoms with Crippen LogP contribution in [0.15, 0.2) is 106 Å². The van der Waals surface area contributed by atoms with E-state index in [1.807, 2.05) is 49.4 Å². The summed E-state index contributed by atoms with van der Waals surface area (Å²) in [4.78, 5) is 12.5. The molecule has 0 saturated carbocycles.